The lowest BCUT2D eigenvalue weighted by atomic mass is 9.85. The van der Waals surface area contributed by atoms with E-state index in [9.17, 15) is 9.59 Å². The molecule has 2 rings (SSSR count). The zero-order valence-corrected chi connectivity index (χ0v) is 13.4. The molecule has 0 aromatic carbocycles. The number of hydrogen-bond donors (Lipinski definition) is 2. The summed E-state index contributed by atoms with van der Waals surface area (Å²) in [6.07, 6.45) is 5.23. The van der Waals surface area contributed by atoms with Gasteiger partial charge in [0, 0.05) is 25.0 Å². The third-order valence-electron chi connectivity index (χ3n) is 5.05. The molecule has 2 aliphatic heterocycles. The Balaban J connectivity index is 1.73. The molecule has 0 radical (unpaired) electrons. The van der Waals surface area contributed by atoms with Gasteiger partial charge in [-0.15, -0.1) is 0 Å². The van der Waals surface area contributed by atoms with Crippen molar-refractivity contribution in [3.05, 3.63) is 0 Å². The highest BCUT2D eigenvalue weighted by Crippen LogP contribution is 2.37. The van der Waals surface area contributed by atoms with E-state index < -0.39 is 11.4 Å². The topological polar surface area (TPSA) is 69.6 Å². The minimum Gasteiger partial charge on any atom is -0.481 e. The third kappa shape index (κ3) is 4.43. The van der Waals surface area contributed by atoms with Gasteiger partial charge in [-0.2, -0.15) is 0 Å². The number of carboxylic acid groups (broad SMARTS) is 1. The molecule has 2 saturated heterocycles. The highest BCUT2D eigenvalue weighted by molar-refractivity contribution is 5.77. The second kappa shape index (κ2) is 6.34. The van der Waals surface area contributed by atoms with E-state index in [2.05, 4.69) is 17.3 Å². The first-order valence-electron chi connectivity index (χ1n) is 7.97. The average molecular weight is 296 g/mol. The van der Waals surface area contributed by atoms with Crippen molar-refractivity contribution in [1.29, 1.82) is 0 Å². The van der Waals surface area contributed by atoms with Crippen molar-refractivity contribution in [2.75, 3.05) is 13.6 Å². The highest BCUT2D eigenvalue weighted by Gasteiger charge is 2.38. The molecule has 0 spiro atoms. The van der Waals surface area contributed by atoms with Gasteiger partial charge in [-0.1, -0.05) is 13.8 Å². The van der Waals surface area contributed by atoms with Crippen LogP contribution in [0.15, 0.2) is 0 Å². The van der Waals surface area contributed by atoms with Gasteiger partial charge in [-0.3, -0.25) is 9.59 Å². The zero-order chi connectivity index (χ0) is 15.6. The molecule has 2 fully saturated rings. The number of carboxylic acids is 1. The maximum atomic E-state index is 12.0. The van der Waals surface area contributed by atoms with Crippen LogP contribution in [0.3, 0.4) is 0 Å². The molecule has 21 heavy (non-hydrogen) atoms. The maximum absolute atomic E-state index is 12.0. The summed E-state index contributed by atoms with van der Waals surface area (Å²) in [5, 5.41) is 11.9. The largest absolute Gasteiger partial charge is 0.481 e. The third-order valence-corrected chi connectivity index (χ3v) is 5.05. The molecule has 2 bridgehead atoms. The smallest absolute Gasteiger partial charge is 0.303 e. The number of nitrogens with one attached hydrogen (secondary N) is 1. The Morgan fingerprint density at radius 2 is 1.76 bits per heavy atom. The monoisotopic (exact) mass is 296 g/mol. The molecule has 2 unspecified atom stereocenters. The van der Waals surface area contributed by atoms with E-state index in [0.717, 1.165) is 6.54 Å². The molecule has 0 aromatic rings. The Kier molecular flexibility index (Phi) is 4.91. The van der Waals surface area contributed by atoms with Crippen LogP contribution in [0.1, 0.15) is 52.4 Å². The minimum atomic E-state index is -0.848. The van der Waals surface area contributed by atoms with Gasteiger partial charge in [-0.05, 0) is 44.1 Å². The molecule has 5 heteroatoms. The molecule has 0 aliphatic carbocycles. The minimum absolute atomic E-state index is 0.0208. The molecule has 1 amide bonds. The molecule has 0 aromatic heterocycles. The predicted molar refractivity (Wildman–Crippen MR) is 81.0 cm³/mol. The number of amides is 1. The Morgan fingerprint density at radius 1 is 1.19 bits per heavy atom. The Bertz CT molecular complexity index is 394. The van der Waals surface area contributed by atoms with E-state index in [1.165, 1.54) is 25.7 Å². The Labute approximate surface area is 127 Å². The van der Waals surface area contributed by atoms with E-state index >= 15 is 0 Å². The lowest BCUT2D eigenvalue weighted by Crippen LogP contribution is -2.43. The first-order chi connectivity index (χ1) is 9.77. The van der Waals surface area contributed by atoms with Gasteiger partial charge < -0.3 is 15.3 Å². The number of aliphatic carboxylic acids is 1. The number of carbonyl (C=O) groups excluding carboxylic acids is 1. The highest BCUT2D eigenvalue weighted by atomic mass is 16.4. The molecule has 2 atom stereocenters. The van der Waals surface area contributed by atoms with Crippen LogP contribution in [0, 0.1) is 11.3 Å². The molecule has 0 saturated carbocycles. The van der Waals surface area contributed by atoms with Gasteiger partial charge in [0.15, 0.2) is 0 Å². The summed E-state index contributed by atoms with van der Waals surface area (Å²) in [7, 11) is 2.21. The van der Waals surface area contributed by atoms with Crippen molar-refractivity contribution in [3.63, 3.8) is 0 Å². The molecule has 2 aliphatic rings. The summed E-state index contributed by atoms with van der Waals surface area (Å²) >= 11 is 0. The van der Waals surface area contributed by atoms with E-state index in [1.807, 2.05) is 13.8 Å². The second-order valence-corrected chi connectivity index (χ2v) is 7.60. The number of piperidine rings is 1. The second-order valence-electron chi connectivity index (χ2n) is 7.60. The lowest BCUT2D eigenvalue weighted by Gasteiger charge is -2.36. The van der Waals surface area contributed by atoms with Gasteiger partial charge in [0.25, 0.3) is 0 Å². The zero-order valence-electron chi connectivity index (χ0n) is 13.4. The van der Waals surface area contributed by atoms with Crippen LogP contribution in [0.5, 0.6) is 0 Å². The van der Waals surface area contributed by atoms with Crippen LogP contribution in [-0.4, -0.2) is 47.6 Å². The average Bonchev–Trinajstić information content (AvgIpc) is 2.59. The van der Waals surface area contributed by atoms with Crippen LogP contribution in [0.25, 0.3) is 0 Å². The lowest BCUT2D eigenvalue weighted by molar-refractivity contribution is -0.139. The SMILES string of the molecule is CN1C2CCC1CC(CNC(=O)CC(C)(C)CC(=O)O)C2. The Morgan fingerprint density at radius 3 is 2.29 bits per heavy atom. The van der Waals surface area contributed by atoms with E-state index in [1.54, 1.807) is 0 Å². The molecule has 120 valence electrons. The van der Waals surface area contributed by atoms with Crippen LogP contribution in [-0.2, 0) is 9.59 Å². The summed E-state index contributed by atoms with van der Waals surface area (Å²) in [6.45, 7) is 4.40. The number of fused-ring (bicyclic) bond motifs is 2. The Hall–Kier alpha value is -1.10. The molecule has 2 N–H and O–H groups in total. The number of hydrogen-bond acceptors (Lipinski definition) is 3. The van der Waals surface area contributed by atoms with Crippen molar-refractivity contribution < 1.29 is 14.7 Å². The van der Waals surface area contributed by atoms with Crippen molar-refractivity contribution in [2.24, 2.45) is 11.3 Å². The van der Waals surface area contributed by atoms with Gasteiger partial charge in [0.1, 0.15) is 0 Å². The normalized spacial score (nSPS) is 29.4. The number of nitrogens with zero attached hydrogens (tertiary/aromatic N) is 1. The summed E-state index contributed by atoms with van der Waals surface area (Å²) < 4.78 is 0. The fourth-order valence-electron chi connectivity index (χ4n) is 3.92. The van der Waals surface area contributed by atoms with E-state index in [-0.39, 0.29) is 18.7 Å². The first-order valence-corrected chi connectivity index (χ1v) is 7.97. The summed E-state index contributed by atoms with van der Waals surface area (Å²) in [5.74, 6) is -0.294. The van der Waals surface area contributed by atoms with Crippen molar-refractivity contribution in [2.45, 2.75) is 64.5 Å². The van der Waals surface area contributed by atoms with Crippen LogP contribution in [0.2, 0.25) is 0 Å². The maximum Gasteiger partial charge on any atom is 0.303 e. The predicted octanol–water partition coefficient (Wildman–Crippen LogP) is 1.87. The van der Waals surface area contributed by atoms with Gasteiger partial charge in [-0.25, -0.2) is 0 Å². The number of carbonyl (C=O) groups is 2. The number of rotatable bonds is 6. The molecule has 2 heterocycles. The van der Waals surface area contributed by atoms with E-state index in [0.29, 0.717) is 18.0 Å². The fourth-order valence-corrected chi connectivity index (χ4v) is 3.92. The van der Waals surface area contributed by atoms with Crippen molar-refractivity contribution >= 4 is 11.9 Å². The van der Waals surface area contributed by atoms with E-state index in [4.69, 9.17) is 5.11 Å². The molecule has 5 nitrogen and oxygen atoms in total. The van der Waals surface area contributed by atoms with Crippen LogP contribution in [0.4, 0.5) is 0 Å². The van der Waals surface area contributed by atoms with Gasteiger partial charge in [0.2, 0.25) is 5.91 Å². The standard InChI is InChI=1S/C16H28N2O3/c1-16(2,9-15(20)21)8-14(19)17-10-11-6-12-4-5-13(7-11)18(12)3/h11-13H,4-10H2,1-3H3,(H,17,19)(H,20,21). The van der Waals surface area contributed by atoms with Crippen molar-refractivity contribution in [3.8, 4) is 0 Å². The summed E-state index contributed by atoms with van der Waals surface area (Å²) in [5.41, 5.74) is -0.484. The van der Waals surface area contributed by atoms with Crippen LogP contribution >= 0.6 is 0 Å². The van der Waals surface area contributed by atoms with Gasteiger partial charge in [0.05, 0.1) is 6.42 Å². The van der Waals surface area contributed by atoms with Crippen molar-refractivity contribution in [1.82, 2.24) is 10.2 Å². The molecular formula is C16H28N2O3. The molecular weight excluding hydrogens is 268 g/mol. The fraction of sp³-hybridized carbons (Fsp3) is 0.875. The first kappa shape index (κ1) is 16.3. The van der Waals surface area contributed by atoms with Crippen LogP contribution < -0.4 is 5.32 Å². The quantitative estimate of drug-likeness (QED) is 0.785. The summed E-state index contributed by atoms with van der Waals surface area (Å²) in [6, 6.07) is 1.38. The summed E-state index contributed by atoms with van der Waals surface area (Å²) in [4.78, 5) is 25.3. The van der Waals surface area contributed by atoms with Gasteiger partial charge >= 0.3 is 5.97 Å².